The standard InChI is InChI=1S/CHBr3O4S2/c2-1(3,4)10(7,8)9(5)6/h(H,5,6). The highest BCUT2D eigenvalue weighted by atomic mass is 80.0. The van der Waals surface area contributed by atoms with Crippen molar-refractivity contribution in [2.24, 2.45) is 0 Å². The van der Waals surface area contributed by atoms with Crippen molar-refractivity contribution >= 4 is 66.8 Å². The van der Waals surface area contributed by atoms with E-state index in [2.05, 4.69) is 47.8 Å². The van der Waals surface area contributed by atoms with Gasteiger partial charge in [-0.1, -0.05) is 0 Å². The molecule has 10 heavy (non-hydrogen) atoms. The van der Waals surface area contributed by atoms with Crippen LogP contribution in [0.2, 0.25) is 0 Å². The Morgan fingerprint density at radius 1 is 1.30 bits per heavy atom. The van der Waals surface area contributed by atoms with Crippen molar-refractivity contribution in [3.63, 3.8) is 0 Å². The first-order valence-electron chi connectivity index (χ1n) is 1.62. The molecule has 0 rings (SSSR count). The zero-order valence-corrected chi connectivity index (χ0v) is 10.5. The Morgan fingerprint density at radius 2 is 1.60 bits per heavy atom. The Morgan fingerprint density at radius 3 is 1.60 bits per heavy atom. The van der Waals surface area contributed by atoms with Gasteiger partial charge in [0.2, 0.25) is 1.47 Å². The monoisotopic (exact) mass is 378 g/mol. The van der Waals surface area contributed by atoms with E-state index in [0.29, 0.717) is 0 Å². The lowest BCUT2D eigenvalue weighted by atomic mass is 11.9. The third-order valence-corrected chi connectivity index (χ3v) is 9.05. The highest BCUT2D eigenvalue weighted by molar-refractivity contribution is 9.43. The molecule has 0 aromatic carbocycles. The van der Waals surface area contributed by atoms with E-state index in [1.165, 1.54) is 0 Å². The molecule has 62 valence electrons. The van der Waals surface area contributed by atoms with Gasteiger partial charge in [0.15, 0.2) is 0 Å². The topological polar surface area (TPSA) is 71.4 Å². The zero-order chi connectivity index (χ0) is 8.58. The van der Waals surface area contributed by atoms with Crippen LogP contribution in [0.1, 0.15) is 0 Å². The number of halogens is 3. The Balaban J connectivity index is 4.98. The molecule has 0 saturated heterocycles. The van der Waals surface area contributed by atoms with Gasteiger partial charge < -0.3 is 0 Å². The van der Waals surface area contributed by atoms with Crippen LogP contribution in [-0.4, -0.2) is 18.7 Å². The molecule has 4 nitrogen and oxygen atoms in total. The van der Waals surface area contributed by atoms with Crippen LogP contribution in [0.4, 0.5) is 0 Å². The Hall–Kier alpha value is 1.50. The highest BCUT2D eigenvalue weighted by Crippen LogP contribution is 2.40. The van der Waals surface area contributed by atoms with Gasteiger partial charge in [-0.05, 0) is 47.8 Å². The fraction of sp³-hybridized carbons (Fsp3) is 1.00. The van der Waals surface area contributed by atoms with Crippen LogP contribution >= 0.6 is 47.8 Å². The fourth-order valence-electron chi connectivity index (χ4n) is 0.0808. The summed E-state index contributed by atoms with van der Waals surface area (Å²) in [6.07, 6.45) is 0. The molecule has 0 aliphatic rings. The van der Waals surface area contributed by atoms with Crippen LogP contribution in [0.3, 0.4) is 0 Å². The summed E-state index contributed by atoms with van der Waals surface area (Å²) in [6.45, 7) is 0. The molecule has 0 bridgehead atoms. The predicted molar refractivity (Wildman–Crippen MR) is 49.2 cm³/mol. The first-order chi connectivity index (χ1) is 4.19. The molecule has 0 aromatic heterocycles. The molecule has 0 heterocycles. The van der Waals surface area contributed by atoms with Crippen molar-refractivity contribution in [3.8, 4) is 0 Å². The smallest absolute Gasteiger partial charge is 0.290 e. The molecule has 1 unspecified atom stereocenters. The maximum atomic E-state index is 10.7. The summed E-state index contributed by atoms with van der Waals surface area (Å²) in [5, 5.41) is 0. The summed E-state index contributed by atoms with van der Waals surface area (Å²) < 4.78 is 37.9. The lowest BCUT2D eigenvalue weighted by molar-refractivity contribution is 0.563. The van der Waals surface area contributed by atoms with Crippen molar-refractivity contribution in [1.29, 1.82) is 0 Å². The first kappa shape index (κ1) is 11.5. The molecule has 0 aromatic rings. The minimum Gasteiger partial charge on any atom is -0.294 e. The SMILES string of the molecule is O=S(O)S(=O)(=O)C(Br)(Br)Br. The zero-order valence-electron chi connectivity index (χ0n) is 4.12. The Kier molecular flexibility index (Phi) is 4.00. The summed E-state index contributed by atoms with van der Waals surface area (Å²) in [7, 11) is -7.05. The molecule has 0 radical (unpaired) electrons. The van der Waals surface area contributed by atoms with Crippen LogP contribution in [0.25, 0.3) is 0 Å². The molecule has 1 atom stereocenters. The van der Waals surface area contributed by atoms with Gasteiger partial charge >= 0.3 is 0 Å². The summed E-state index contributed by atoms with van der Waals surface area (Å²) in [4.78, 5) is 0. The molecule has 0 amide bonds. The number of hydrogen-bond donors (Lipinski definition) is 1. The van der Waals surface area contributed by atoms with E-state index in [1.807, 2.05) is 0 Å². The molecule has 0 fully saturated rings. The second kappa shape index (κ2) is 3.48. The number of hydrogen-bond acceptors (Lipinski definition) is 3. The number of alkyl halides is 3. The Bertz CT molecular complexity index is 236. The van der Waals surface area contributed by atoms with Crippen LogP contribution in [-0.2, 0) is 19.0 Å². The van der Waals surface area contributed by atoms with Gasteiger partial charge in [-0.15, -0.1) is 0 Å². The Labute approximate surface area is 84.7 Å². The number of rotatable bonds is 1. The van der Waals surface area contributed by atoms with Crippen molar-refractivity contribution < 1.29 is 17.2 Å². The highest BCUT2D eigenvalue weighted by Gasteiger charge is 2.40. The maximum Gasteiger partial charge on any atom is 0.290 e. The first-order valence-corrected chi connectivity index (χ1v) is 7.11. The third-order valence-electron chi connectivity index (χ3n) is 0.471. The van der Waals surface area contributed by atoms with E-state index < -0.39 is 20.5 Å². The van der Waals surface area contributed by atoms with Crippen molar-refractivity contribution in [2.45, 2.75) is 1.47 Å². The second-order valence-electron chi connectivity index (χ2n) is 1.12. The largest absolute Gasteiger partial charge is 0.294 e. The molecular formula is CHBr3O4S2. The second-order valence-corrected chi connectivity index (χ2v) is 13.6. The van der Waals surface area contributed by atoms with E-state index in [4.69, 9.17) is 4.55 Å². The van der Waals surface area contributed by atoms with E-state index in [1.54, 1.807) is 0 Å². The summed E-state index contributed by atoms with van der Waals surface area (Å²) in [6, 6.07) is 0. The molecule has 0 aliphatic carbocycles. The summed E-state index contributed by atoms with van der Waals surface area (Å²) in [5.41, 5.74) is 0. The van der Waals surface area contributed by atoms with Gasteiger partial charge in [0.1, 0.15) is 0 Å². The third kappa shape index (κ3) is 2.52. The van der Waals surface area contributed by atoms with Crippen molar-refractivity contribution in [2.75, 3.05) is 0 Å². The van der Waals surface area contributed by atoms with Gasteiger partial charge in [-0.2, -0.15) is 0 Å². The molecular weight excluding hydrogens is 380 g/mol. The molecule has 0 spiro atoms. The van der Waals surface area contributed by atoms with E-state index in [0.717, 1.165) is 0 Å². The van der Waals surface area contributed by atoms with Crippen molar-refractivity contribution in [1.82, 2.24) is 0 Å². The molecule has 0 aliphatic heterocycles. The minimum absolute atomic E-state index is 1.72. The summed E-state index contributed by atoms with van der Waals surface area (Å²) in [5.74, 6) is 0. The van der Waals surface area contributed by atoms with Gasteiger partial charge in [0, 0.05) is 0 Å². The summed E-state index contributed by atoms with van der Waals surface area (Å²) >= 11 is 7.78. The lowest BCUT2D eigenvalue weighted by Crippen LogP contribution is -2.21. The van der Waals surface area contributed by atoms with Crippen LogP contribution < -0.4 is 0 Å². The van der Waals surface area contributed by atoms with Gasteiger partial charge in [0.25, 0.3) is 19.0 Å². The van der Waals surface area contributed by atoms with E-state index in [9.17, 15) is 12.6 Å². The molecule has 1 N–H and O–H groups in total. The van der Waals surface area contributed by atoms with E-state index in [-0.39, 0.29) is 0 Å². The maximum absolute atomic E-state index is 10.7. The quantitative estimate of drug-likeness (QED) is 0.423. The fourth-order valence-corrected chi connectivity index (χ4v) is 3.78. The minimum atomic E-state index is -4.14. The lowest BCUT2D eigenvalue weighted by Gasteiger charge is -2.08. The van der Waals surface area contributed by atoms with E-state index >= 15 is 0 Å². The van der Waals surface area contributed by atoms with Gasteiger partial charge in [-0.25, -0.2) is 12.6 Å². The van der Waals surface area contributed by atoms with Crippen LogP contribution in [0.5, 0.6) is 0 Å². The van der Waals surface area contributed by atoms with Crippen LogP contribution in [0, 0.1) is 0 Å². The average Bonchev–Trinajstić information content (AvgIpc) is 1.62. The normalized spacial score (nSPS) is 16.8. The molecule has 0 saturated carbocycles. The van der Waals surface area contributed by atoms with Gasteiger partial charge in [-0.3, -0.25) is 4.55 Å². The average molecular weight is 381 g/mol. The van der Waals surface area contributed by atoms with Crippen LogP contribution in [0.15, 0.2) is 0 Å². The predicted octanol–water partition coefficient (Wildman–Crippen LogP) is 1.33. The van der Waals surface area contributed by atoms with Gasteiger partial charge in [0.05, 0.1) is 0 Å². The van der Waals surface area contributed by atoms with Crippen molar-refractivity contribution in [3.05, 3.63) is 0 Å². The molecule has 9 heteroatoms.